The van der Waals surface area contributed by atoms with Gasteiger partial charge in [0.25, 0.3) is 0 Å². The van der Waals surface area contributed by atoms with Crippen LogP contribution in [0.3, 0.4) is 0 Å². The summed E-state index contributed by atoms with van der Waals surface area (Å²) in [7, 11) is 0. The maximum atomic E-state index is 11.1. The zero-order valence-corrected chi connectivity index (χ0v) is 19.0. The first-order valence-corrected chi connectivity index (χ1v) is 12.3. The van der Waals surface area contributed by atoms with Crippen LogP contribution in [0.1, 0.15) is 30.0 Å². The van der Waals surface area contributed by atoms with Crippen molar-refractivity contribution in [1.29, 1.82) is 0 Å². The molecule has 0 saturated carbocycles. The number of hydrogen-bond acceptors (Lipinski definition) is 6. The van der Waals surface area contributed by atoms with Crippen LogP contribution >= 0.6 is 0 Å². The molecule has 0 aliphatic carbocycles. The number of piperidine rings is 1. The predicted molar refractivity (Wildman–Crippen MR) is 130 cm³/mol. The maximum Gasteiger partial charge on any atom is 0.167 e. The maximum absolute atomic E-state index is 11.1. The Balaban J connectivity index is 1.35. The van der Waals surface area contributed by atoms with Crippen molar-refractivity contribution in [3.8, 4) is 11.3 Å². The van der Waals surface area contributed by atoms with E-state index in [0.717, 1.165) is 59.7 Å². The molecule has 170 valence electrons. The number of anilines is 1. The zero-order valence-electron chi connectivity index (χ0n) is 18.1. The van der Waals surface area contributed by atoms with Gasteiger partial charge in [-0.3, -0.25) is 9.88 Å². The summed E-state index contributed by atoms with van der Waals surface area (Å²) < 4.78 is 20.2. The van der Waals surface area contributed by atoms with Gasteiger partial charge in [0.1, 0.15) is 17.3 Å². The number of nitrogens with one attached hydrogen (secondary N) is 2. The summed E-state index contributed by atoms with van der Waals surface area (Å²) in [6.45, 7) is 2.31. The van der Waals surface area contributed by atoms with E-state index in [1.165, 1.54) is 5.56 Å². The van der Waals surface area contributed by atoms with Gasteiger partial charge in [-0.2, -0.15) is 0 Å². The Morgan fingerprint density at radius 3 is 2.76 bits per heavy atom. The second-order valence-corrected chi connectivity index (χ2v) is 9.22. The van der Waals surface area contributed by atoms with Crippen molar-refractivity contribution in [2.24, 2.45) is 0 Å². The molecule has 1 unspecified atom stereocenters. The highest BCUT2D eigenvalue weighted by Crippen LogP contribution is 2.33. The number of H-pyrrole nitrogens is 1. The first kappa shape index (κ1) is 21.7. The number of fused-ring (bicyclic) bond motifs is 1. The Bertz CT molecular complexity index is 1250. The molecule has 8 nitrogen and oxygen atoms in total. The Morgan fingerprint density at radius 2 is 1.97 bits per heavy atom. The fourth-order valence-electron chi connectivity index (χ4n) is 4.39. The lowest BCUT2D eigenvalue weighted by Crippen LogP contribution is -2.35. The minimum Gasteiger partial charge on any atom is -0.365 e. The fourth-order valence-corrected chi connectivity index (χ4v) is 4.96. The largest absolute Gasteiger partial charge is 0.365 e. The van der Waals surface area contributed by atoms with Crippen molar-refractivity contribution in [1.82, 2.24) is 24.8 Å². The van der Waals surface area contributed by atoms with Crippen LogP contribution in [0.15, 0.2) is 61.1 Å². The summed E-state index contributed by atoms with van der Waals surface area (Å²) in [6, 6.07) is 14.3. The number of aromatic amines is 1. The third-order valence-corrected chi connectivity index (χ3v) is 6.69. The summed E-state index contributed by atoms with van der Waals surface area (Å²) in [5.74, 6) is 1.32. The summed E-state index contributed by atoms with van der Waals surface area (Å²) >= 11 is -1.78. The molecule has 1 aliphatic rings. The normalized spacial score (nSPS) is 16.2. The van der Waals surface area contributed by atoms with Crippen molar-refractivity contribution in [2.75, 3.05) is 24.3 Å². The van der Waals surface area contributed by atoms with Gasteiger partial charge in [-0.25, -0.2) is 14.2 Å². The van der Waals surface area contributed by atoms with E-state index in [-0.39, 0.29) is 5.88 Å². The van der Waals surface area contributed by atoms with Crippen LogP contribution in [0.5, 0.6) is 0 Å². The third-order valence-electron chi connectivity index (χ3n) is 6.10. The number of benzene rings is 1. The Morgan fingerprint density at radius 1 is 1.15 bits per heavy atom. The zero-order chi connectivity index (χ0) is 22.6. The molecule has 4 heterocycles. The molecular formula is C24H26N6O2S. The second-order valence-electron chi connectivity index (χ2n) is 8.32. The third kappa shape index (κ3) is 5.11. The predicted octanol–water partition coefficient (Wildman–Crippen LogP) is 3.99. The van der Waals surface area contributed by atoms with E-state index in [1.54, 1.807) is 18.6 Å². The Labute approximate surface area is 194 Å². The highest BCUT2D eigenvalue weighted by Gasteiger charge is 2.23. The number of aromatic nitrogens is 4. The van der Waals surface area contributed by atoms with E-state index in [2.05, 4.69) is 38.5 Å². The van der Waals surface area contributed by atoms with Crippen molar-refractivity contribution in [2.45, 2.75) is 25.3 Å². The van der Waals surface area contributed by atoms with E-state index >= 15 is 0 Å². The molecule has 0 bridgehead atoms. The van der Waals surface area contributed by atoms with E-state index in [0.29, 0.717) is 12.5 Å². The lowest BCUT2D eigenvalue weighted by Gasteiger charge is -2.30. The molecular weight excluding hydrogens is 436 g/mol. The first-order chi connectivity index (χ1) is 16.2. The molecule has 3 aromatic heterocycles. The number of pyridine rings is 1. The lowest BCUT2D eigenvalue weighted by atomic mass is 9.93. The average Bonchev–Trinajstić information content (AvgIpc) is 3.28. The van der Waals surface area contributed by atoms with Gasteiger partial charge in [0.15, 0.2) is 11.1 Å². The highest BCUT2D eigenvalue weighted by molar-refractivity contribution is 7.79. The second kappa shape index (κ2) is 9.78. The number of rotatable bonds is 7. The van der Waals surface area contributed by atoms with Gasteiger partial charge < -0.3 is 14.9 Å². The van der Waals surface area contributed by atoms with E-state index in [4.69, 9.17) is 9.54 Å². The molecule has 0 spiro atoms. The molecule has 0 amide bonds. The van der Waals surface area contributed by atoms with Gasteiger partial charge in [-0.15, -0.1) is 0 Å². The lowest BCUT2D eigenvalue weighted by molar-refractivity contribution is 0.239. The number of hydrogen-bond donors (Lipinski definition) is 3. The van der Waals surface area contributed by atoms with Crippen LogP contribution in [0.25, 0.3) is 22.3 Å². The molecule has 1 aromatic carbocycles. The van der Waals surface area contributed by atoms with Crippen molar-refractivity contribution in [3.63, 3.8) is 0 Å². The number of nitrogens with zero attached hydrogens (tertiary/aromatic N) is 4. The molecule has 1 fully saturated rings. The Kier molecular flexibility index (Phi) is 6.43. The van der Waals surface area contributed by atoms with Crippen molar-refractivity contribution >= 4 is 27.9 Å². The van der Waals surface area contributed by atoms with Crippen LogP contribution in [0.4, 0.5) is 5.82 Å². The van der Waals surface area contributed by atoms with Crippen molar-refractivity contribution < 1.29 is 8.76 Å². The van der Waals surface area contributed by atoms with E-state index in [1.807, 2.05) is 29.2 Å². The first-order valence-electron chi connectivity index (χ1n) is 11.0. The Hall–Kier alpha value is -3.14. The molecule has 0 radical (unpaired) electrons. The minimum absolute atomic E-state index is 0.221. The van der Waals surface area contributed by atoms with Crippen LogP contribution in [0.2, 0.25) is 0 Å². The van der Waals surface area contributed by atoms with Crippen LogP contribution in [-0.4, -0.2) is 52.6 Å². The van der Waals surface area contributed by atoms with Gasteiger partial charge in [0, 0.05) is 35.3 Å². The summed E-state index contributed by atoms with van der Waals surface area (Å²) in [5, 5.41) is 4.38. The fraction of sp³-hybridized carbons (Fsp3) is 0.292. The van der Waals surface area contributed by atoms with E-state index < -0.39 is 11.1 Å². The smallest absolute Gasteiger partial charge is 0.167 e. The minimum atomic E-state index is -1.78. The summed E-state index contributed by atoms with van der Waals surface area (Å²) in [6.07, 6.45) is 7.20. The van der Waals surface area contributed by atoms with Crippen LogP contribution < -0.4 is 5.32 Å². The quantitative estimate of drug-likeness (QED) is 0.357. The summed E-state index contributed by atoms with van der Waals surface area (Å²) in [4.78, 5) is 19.3. The highest BCUT2D eigenvalue weighted by atomic mass is 32.2. The summed E-state index contributed by atoms with van der Waals surface area (Å²) in [5.41, 5.74) is 4.96. The molecule has 1 saturated heterocycles. The van der Waals surface area contributed by atoms with E-state index in [9.17, 15) is 4.21 Å². The van der Waals surface area contributed by atoms with Gasteiger partial charge in [0.2, 0.25) is 0 Å². The monoisotopic (exact) mass is 462 g/mol. The van der Waals surface area contributed by atoms with Crippen molar-refractivity contribution in [3.05, 3.63) is 72.3 Å². The van der Waals surface area contributed by atoms with Gasteiger partial charge in [-0.1, -0.05) is 30.3 Å². The van der Waals surface area contributed by atoms with Gasteiger partial charge >= 0.3 is 0 Å². The standard InChI is InChI=1S/C24H26N6O2S/c31-33(32)16-30-10-7-18(8-11-30)21-12-20-19(6-9-26-24(20)29-21)22-14-25-15-23(28-22)27-13-17-4-2-1-3-5-17/h1-6,9,12,14-15,18H,7-8,10-11,13,16H2,(H,26,29)(H,27,28)(H,31,32). The number of likely N-dealkylation sites (tertiary alicyclic amines) is 1. The topological polar surface area (TPSA) is 107 Å². The molecule has 1 atom stereocenters. The van der Waals surface area contributed by atoms with Crippen LogP contribution in [-0.2, 0) is 17.6 Å². The molecule has 3 N–H and O–H groups in total. The molecule has 1 aliphatic heterocycles. The molecule has 33 heavy (non-hydrogen) atoms. The molecule has 9 heteroatoms. The molecule has 5 rings (SSSR count). The molecule has 4 aromatic rings. The SMILES string of the molecule is O=S(O)CN1CCC(c2cc3c(-c4cncc(NCc5ccccc5)n4)ccnc3[nH]2)CC1. The average molecular weight is 463 g/mol. The van der Waals surface area contributed by atoms with Gasteiger partial charge in [0.05, 0.1) is 18.1 Å². The van der Waals surface area contributed by atoms with Gasteiger partial charge in [-0.05, 0) is 43.6 Å². The van der Waals surface area contributed by atoms with Crippen LogP contribution in [0, 0.1) is 0 Å².